The zero-order valence-electron chi connectivity index (χ0n) is 11.0. The van der Waals surface area contributed by atoms with Gasteiger partial charge in [-0.2, -0.15) is 0 Å². The molecule has 0 aliphatic heterocycles. The van der Waals surface area contributed by atoms with Crippen molar-refractivity contribution in [1.82, 2.24) is 5.32 Å². The number of aromatic hydroxyl groups is 1. The van der Waals surface area contributed by atoms with Crippen LogP contribution < -0.4 is 15.8 Å². The largest absolute Gasteiger partial charge is 0.508 e. The molecule has 0 aliphatic rings. The maximum atomic E-state index is 11.6. The van der Waals surface area contributed by atoms with Gasteiger partial charge in [-0.3, -0.25) is 14.9 Å². The van der Waals surface area contributed by atoms with Crippen molar-refractivity contribution in [3.05, 3.63) is 24.3 Å². The van der Waals surface area contributed by atoms with Crippen LogP contribution in [0.3, 0.4) is 0 Å². The summed E-state index contributed by atoms with van der Waals surface area (Å²) in [7, 11) is 0. The summed E-state index contributed by atoms with van der Waals surface area (Å²) in [5.41, 5.74) is 5.59. The Bertz CT molecular complexity index is 498. The van der Waals surface area contributed by atoms with Gasteiger partial charge in [-0.15, -0.1) is 0 Å². The van der Waals surface area contributed by atoms with Crippen LogP contribution in [0.25, 0.3) is 0 Å². The third kappa shape index (κ3) is 5.49. The SMILES string of the molecule is CC(=O)NC(=O)CC[C@H](N)C(=O)Oc1ccc(O)cc1. The van der Waals surface area contributed by atoms with E-state index >= 15 is 0 Å². The maximum Gasteiger partial charge on any atom is 0.328 e. The highest BCUT2D eigenvalue weighted by Gasteiger charge is 2.17. The van der Waals surface area contributed by atoms with E-state index in [1.165, 1.54) is 31.2 Å². The van der Waals surface area contributed by atoms with E-state index in [4.69, 9.17) is 15.6 Å². The number of imide groups is 1. The van der Waals surface area contributed by atoms with Crippen molar-refractivity contribution in [2.75, 3.05) is 0 Å². The average molecular weight is 280 g/mol. The predicted molar refractivity (Wildman–Crippen MR) is 69.8 cm³/mol. The molecule has 20 heavy (non-hydrogen) atoms. The molecule has 1 rings (SSSR count). The third-order valence-corrected chi connectivity index (χ3v) is 2.36. The summed E-state index contributed by atoms with van der Waals surface area (Å²) < 4.78 is 4.97. The number of carbonyl (C=O) groups excluding carboxylic acids is 3. The smallest absolute Gasteiger partial charge is 0.328 e. The summed E-state index contributed by atoms with van der Waals surface area (Å²) in [6, 6.07) is 4.61. The number of hydrogen-bond acceptors (Lipinski definition) is 6. The first-order valence-corrected chi connectivity index (χ1v) is 5.95. The fourth-order valence-corrected chi connectivity index (χ4v) is 1.37. The molecule has 1 aromatic carbocycles. The zero-order chi connectivity index (χ0) is 15.1. The number of phenolic OH excluding ortho intramolecular Hbond substituents is 1. The molecule has 108 valence electrons. The predicted octanol–water partition coefficient (Wildman–Crippen LogP) is 0.0678. The summed E-state index contributed by atoms with van der Waals surface area (Å²) >= 11 is 0. The number of hydrogen-bond donors (Lipinski definition) is 3. The maximum absolute atomic E-state index is 11.6. The van der Waals surface area contributed by atoms with E-state index in [9.17, 15) is 14.4 Å². The van der Waals surface area contributed by atoms with Crippen molar-refractivity contribution >= 4 is 17.8 Å². The van der Waals surface area contributed by atoms with Crippen molar-refractivity contribution < 1.29 is 24.2 Å². The van der Waals surface area contributed by atoms with Crippen LogP contribution in [-0.2, 0) is 14.4 Å². The van der Waals surface area contributed by atoms with Crippen molar-refractivity contribution in [2.45, 2.75) is 25.8 Å². The second-order valence-electron chi connectivity index (χ2n) is 4.16. The number of carbonyl (C=O) groups is 3. The average Bonchev–Trinajstić information content (AvgIpc) is 2.37. The Morgan fingerprint density at radius 2 is 1.90 bits per heavy atom. The first kappa shape index (κ1) is 15.6. The minimum Gasteiger partial charge on any atom is -0.508 e. The van der Waals surface area contributed by atoms with E-state index in [1.807, 2.05) is 0 Å². The van der Waals surface area contributed by atoms with Crippen LogP contribution in [-0.4, -0.2) is 28.9 Å². The Kier molecular flexibility index (Phi) is 5.67. The lowest BCUT2D eigenvalue weighted by molar-refractivity contribution is -0.136. The van der Waals surface area contributed by atoms with E-state index < -0.39 is 23.8 Å². The summed E-state index contributed by atoms with van der Waals surface area (Å²) in [6.07, 6.45) is 0.0153. The van der Waals surface area contributed by atoms with Gasteiger partial charge in [-0.25, -0.2) is 4.79 Å². The van der Waals surface area contributed by atoms with E-state index in [2.05, 4.69) is 5.32 Å². The lowest BCUT2D eigenvalue weighted by atomic mass is 10.1. The van der Waals surface area contributed by atoms with Gasteiger partial charge in [-0.1, -0.05) is 0 Å². The van der Waals surface area contributed by atoms with Crippen molar-refractivity contribution in [2.24, 2.45) is 5.73 Å². The third-order valence-electron chi connectivity index (χ3n) is 2.36. The second-order valence-corrected chi connectivity index (χ2v) is 4.16. The topological polar surface area (TPSA) is 119 Å². The van der Waals surface area contributed by atoms with E-state index in [0.717, 1.165) is 0 Å². The fraction of sp³-hybridized carbons (Fsp3) is 0.308. The zero-order valence-corrected chi connectivity index (χ0v) is 11.0. The number of benzene rings is 1. The molecule has 1 atom stereocenters. The van der Waals surface area contributed by atoms with Gasteiger partial charge in [0.2, 0.25) is 11.8 Å². The first-order valence-electron chi connectivity index (χ1n) is 5.95. The molecule has 0 saturated carbocycles. The molecule has 0 radical (unpaired) electrons. The van der Waals surface area contributed by atoms with Gasteiger partial charge in [0.05, 0.1) is 0 Å². The molecule has 0 aliphatic carbocycles. The highest BCUT2D eigenvalue weighted by molar-refractivity contribution is 5.94. The molecule has 0 bridgehead atoms. The van der Waals surface area contributed by atoms with Gasteiger partial charge >= 0.3 is 5.97 Å². The van der Waals surface area contributed by atoms with E-state index in [-0.39, 0.29) is 24.3 Å². The van der Waals surface area contributed by atoms with Gasteiger partial charge in [0, 0.05) is 13.3 Å². The molecule has 1 aromatic rings. The Balaban J connectivity index is 2.41. The molecular weight excluding hydrogens is 264 g/mol. The fourth-order valence-electron chi connectivity index (χ4n) is 1.37. The van der Waals surface area contributed by atoms with Gasteiger partial charge in [-0.05, 0) is 30.7 Å². The van der Waals surface area contributed by atoms with E-state index in [0.29, 0.717) is 0 Å². The standard InChI is InChI=1S/C13H16N2O5/c1-8(16)15-12(18)7-6-11(14)13(19)20-10-4-2-9(17)3-5-10/h2-5,11,17H,6-7,14H2,1H3,(H,15,16,18)/t11-/m0/s1. The minimum absolute atomic E-state index is 0.0502. The quantitative estimate of drug-likeness (QED) is 0.518. The number of nitrogens with one attached hydrogen (secondary N) is 1. The Morgan fingerprint density at radius 1 is 1.30 bits per heavy atom. The molecule has 0 spiro atoms. The number of esters is 1. The summed E-state index contributed by atoms with van der Waals surface area (Å²) in [6.45, 7) is 1.22. The number of amides is 2. The second kappa shape index (κ2) is 7.25. The molecule has 4 N–H and O–H groups in total. The number of phenols is 1. The Labute approximate surface area is 115 Å². The van der Waals surface area contributed by atoms with Crippen LogP contribution in [0, 0.1) is 0 Å². The molecule has 7 nitrogen and oxygen atoms in total. The molecule has 0 saturated heterocycles. The molecule has 0 unspecified atom stereocenters. The normalized spacial score (nSPS) is 11.5. The molecule has 0 fully saturated rings. The minimum atomic E-state index is -0.971. The lowest BCUT2D eigenvalue weighted by Crippen LogP contribution is -2.36. The van der Waals surface area contributed by atoms with Crippen molar-refractivity contribution in [1.29, 1.82) is 0 Å². The number of ether oxygens (including phenoxy) is 1. The van der Waals surface area contributed by atoms with Gasteiger partial charge in [0.1, 0.15) is 17.5 Å². The van der Waals surface area contributed by atoms with Crippen LogP contribution >= 0.6 is 0 Å². The molecule has 2 amide bonds. The van der Waals surface area contributed by atoms with Crippen LogP contribution in [0.2, 0.25) is 0 Å². The monoisotopic (exact) mass is 280 g/mol. The Hall–Kier alpha value is -2.41. The van der Waals surface area contributed by atoms with Crippen molar-refractivity contribution in [3.8, 4) is 11.5 Å². The van der Waals surface area contributed by atoms with Crippen molar-refractivity contribution in [3.63, 3.8) is 0 Å². The summed E-state index contributed by atoms with van der Waals surface area (Å²) in [4.78, 5) is 33.5. The highest BCUT2D eigenvalue weighted by Crippen LogP contribution is 2.16. The van der Waals surface area contributed by atoms with Crippen LogP contribution in [0.1, 0.15) is 19.8 Å². The Morgan fingerprint density at radius 3 is 2.45 bits per heavy atom. The lowest BCUT2D eigenvalue weighted by Gasteiger charge is -2.10. The molecule has 0 aromatic heterocycles. The molecule has 7 heteroatoms. The van der Waals surface area contributed by atoms with Crippen LogP contribution in [0.4, 0.5) is 0 Å². The first-order chi connectivity index (χ1) is 9.38. The van der Waals surface area contributed by atoms with Crippen LogP contribution in [0.15, 0.2) is 24.3 Å². The van der Waals surface area contributed by atoms with E-state index in [1.54, 1.807) is 0 Å². The molecule has 0 heterocycles. The number of nitrogens with two attached hydrogens (primary N) is 1. The van der Waals surface area contributed by atoms with Gasteiger partial charge in [0.25, 0.3) is 0 Å². The number of rotatable bonds is 5. The summed E-state index contributed by atoms with van der Waals surface area (Å²) in [5.74, 6) is -1.35. The van der Waals surface area contributed by atoms with Gasteiger partial charge in [0.15, 0.2) is 0 Å². The summed E-state index contributed by atoms with van der Waals surface area (Å²) in [5, 5.41) is 11.2. The highest BCUT2D eigenvalue weighted by atomic mass is 16.5. The van der Waals surface area contributed by atoms with Crippen LogP contribution in [0.5, 0.6) is 11.5 Å². The van der Waals surface area contributed by atoms with Gasteiger partial charge < -0.3 is 15.6 Å². The molecular formula is C13H16N2O5.